The first-order chi connectivity index (χ1) is 7.99. The van der Waals surface area contributed by atoms with E-state index in [4.69, 9.17) is 5.11 Å². The molecule has 1 fully saturated rings. The fraction of sp³-hybridized carbons (Fsp3) is 0.182. The SMILES string of the molecule is O=C1CC(=O)N(c2cc(Br)ccc2C(=O)O)C1. The van der Waals surface area contributed by atoms with E-state index in [1.807, 2.05) is 0 Å². The number of aromatic carboxylic acids is 1. The number of hydrogen-bond acceptors (Lipinski definition) is 3. The van der Waals surface area contributed by atoms with E-state index in [9.17, 15) is 14.4 Å². The number of carbonyl (C=O) groups is 3. The average Bonchev–Trinajstić information content (AvgIpc) is 2.57. The number of nitrogens with zero attached hydrogens (tertiary/aromatic N) is 1. The molecule has 0 aliphatic carbocycles. The Bertz CT molecular complexity index is 526. The number of carbonyl (C=O) groups excluding carboxylic acids is 2. The highest BCUT2D eigenvalue weighted by Crippen LogP contribution is 2.28. The Morgan fingerprint density at radius 2 is 2.06 bits per heavy atom. The Morgan fingerprint density at radius 3 is 2.59 bits per heavy atom. The molecule has 17 heavy (non-hydrogen) atoms. The summed E-state index contributed by atoms with van der Waals surface area (Å²) in [5.41, 5.74) is 0.263. The number of hydrogen-bond donors (Lipinski definition) is 1. The molecule has 5 nitrogen and oxygen atoms in total. The summed E-state index contributed by atoms with van der Waals surface area (Å²) in [7, 11) is 0. The fourth-order valence-electron chi connectivity index (χ4n) is 1.71. The molecule has 0 saturated carbocycles. The minimum Gasteiger partial charge on any atom is -0.478 e. The third-order valence-electron chi connectivity index (χ3n) is 2.46. The van der Waals surface area contributed by atoms with Gasteiger partial charge in [-0.3, -0.25) is 9.59 Å². The van der Waals surface area contributed by atoms with Crippen molar-refractivity contribution in [3.63, 3.8) is 0 Å². The molecule has 0 bridgehead atoms. The van der Waals surface area contributed by atoms with Crippen LogP contribution in [-0.2, 0) is 9.59 Å². The van der Waals surface area contributed by atoms with E-state index in [1.165, 1.54) is 17.0 Å². The van der Waals surface area contributed by atoms with Crippen LogP contribution in [0.15, 0.2) is 22.7 Å². The van der Waals surface area contributed by atoms with Gasteiger partial charge in [0.1, 0.15) is 0 Å². The van der Waals surface area contributed by atoms with Crippen LogP contribution < -0.4 is 4.90 Å². The average molecular weight is 298 g/mol. The lowest BCUT2D eigenvalue weighted by Gasteiger charge is -2.17. The summed E-state index contributed by atoms with van der Waals surface area (Å²) in [5.74, 6) is -1.69. The van der Waals surface area contributed by atoms with Crippen molar-refractivity contribution >= 4 is 39.3 Å². The second kappa shape index (κ2) is 4.29. The van der Waals surface area contributed by atoms with Gasteiger partial charge in [-0.1, -0.05) is 15.9 Å². The van der Waals surface area contributed by atoms with E-state index in [-0.39, 0.29) is 35.9 Å². The number of rotatable bonds is 2. The quantitative estimate of drug-likeness (QED) is 0.839. The lowest BCUT2D eigenvalue weighted by atomic mass is 10.1. The molecule has 1 saturated heterocycles. The highest BCUT2D eigenvalue weighted by atomic mass is 79.9. The molecule has 1 heterocycles. The number of halogens is 1. The molecule has 2 rings (SSSR count). The molecule has 1 aromatic rings. The van der Waals surface area contributed by atoms with Crippen LogP contribution in [0.1, 0.15) is 16.8 Å². The van der Waals surface area contributed by atoms with Crippen LogP contribution in [0.25, 0.3) is 0 Å². The molecule has 0 spiro atoms. The Kier molecular flexibility index (Phi) is 2.97. The second-order valence-electron chi connectivity index (χ2n) is 3.66. The van der Waals surface area contributed by atoms with Gasteiger partial charge in [0.15, 0.2) is 5.78 Å². The van der Waals surface area contributed by atoms with Crippen LogP contribution in [0.2, 0.25) is 0 Å². The first kappa shape index (κ1) is 11.8. The summed E-state index contributed by atoms with van der Waals surface area (Å²) in [6.45, 7) is -0.0600. The summed E-state index contributed by atoms with van der Waals surface area (Å²) in [6.07, 6.45) is -0.161. The zero-order valence-corrected chi connectivity index (χ0v) is 10.2. The number of ketones is 1. The van der Waals surface area contributed by atoms with Gasteiger partial charge in [0, 0.05) is 4.47 Å². The molecule has 0 atom stereocenters. The normalized spacial score (nSPS) is 15.5. The van der Waals surface area contributed by atoms with Crippen LogP contribution in [0.5, 0.6) is 0 Å². The van der Waals surface area contributed by atoms with Gasteiger partial charge in [0.05, 0.1) is 24.2 Å². The standard InChI is InChI=1S/C11H8BrNO4/c12-6-1-2-8(11(16)17)9(3-6)13-5-7(14)4-10(13)15/h1-3H,4-5H2,(H,16,17). The van der Waals surface area contributed by atoms with Gasteiger partial charge >= 0.3 is 5.97 Å². The van der Waals surface area contributed by atoms with Gasteiger partial charge in [-0.15, -0.1) is 0 Å². The third kappa shape index (κ3) is 2.21. The number of anilines is 1. The van der Waals surface area contributed by atoms with Crippen LogP contribution in [-0.4, -0.2) is 29.3 Å². The lowest BCUT2D eigenvalue weighted by molar-refractivity contribution is -0.121. The van der Waals surface area contributed by atoms with Crippen LogP contribution in [0, 0.1) is 0 Å². The maximum atomic E-state index is 11.6. The van der Waals surface area contributed by atoms with Crippen molar-refractivity contribution in [1.29, 1.82) is 0 Å². The first-order valence-corrected chi connectivity index (χ1v) is 5.63. The number of Topliss-reactive ketones (excluding diaryl/α,β-unsaturated/α-hetero) is 1. The molecule has 88 valence electrons. The number of carboxylic acids is 1. The molecule has 1 aromatic carbocycles. The highest BCUT2D eigenvalue weighted by molar-refractivity contribution is 9.10. The van der Waals surface area contributed by atoms with E-state index in [1.54, 1.807) is 6.07 Å². The minimum atomic E-state index is -1.13. The molecule has 1 N–H and O–H groups in total. The summed E-state index contributed by atoms with van der Waals surface area (Å²) in [4.78, 5) is 35.0. The third-order valence-corrected chi connectivity index (χ3v) is 2.96. The highest BCUT2D eigenvalue weighted by Gasteiger charge is 2.31. The number of carboxylic acid groups (broad SMARTS) is 1. The molecule has 1 aliphatic heterocycles. The topological polar surface area (TPSA) is 74.7 Å². The predicted molar refractivity (Wildman–Crippen MR) is 63.1 cm³/mol. The molecular weight excluding hydrogens is 290 g/mol. The molecule has 0 aromatic heterocycles. The van der Waals surface area contributed by atoms with Crippen molar-refractivity contribution in [3.05, 3.63) is 28.2 Å². The zero-order valence-electron chi connectivity index (χ0n) is 8.64. The van der Waals surface area contributed by atoms with Crippen molar-refractivity contribution in [3.8, 4) is 0 Å². The van der Waals surface area contributed by atoms with Crippen LogP contribution in [0.4, 0.5) is 5.69 Å². The Balaban J connectivity index is 2.50. The maximum Gasteiger partial charge on any atom is 0.337 e. The summed E-state index contributed by atoms with van der Waals surface area (Å²) in [5, 5.41) is 9.03. The fourth-order valence-corrected chi connectivity index (χ4v) is 2.06. The van der Waals surface area contributed by atoms with Crippen LogP contribution in [0.3, 0.4) is 0 Å². The smallest absolute Gasteiger partial charge is 0.337 e. The Labute approximate surface area is 105 Å². The second-order valence-corrected chi connectivity index (χ2v) is 4.58. The van der Waals surface area contributed by atoms with Gasteiger partial charge in [-0.05, 0) is 18.2 Å². The van der Waals surface area contributed by atoms with E-state index in [2.05, 4.69) is 15.9 Å². The maximum absolute atomic E-state index is 11.6. The predicted octanol–water partition coefficient (Wildman–Crippen LogP) is 1.45. The van der Waals surface area contributed by atoms with Gasteiger partial charge in [-0.25, -0.2) is 4.79 Å². The largest absolute Gasteiger partial charge is 0.478 e. The molecule has 1 aliphatic rings. The van der Waals surface area contributed by atoms with E-state index >= 15 is 0 Å². The Hall–Kier alpha value is -1.69. The molecule has 1 amide bonds. The molecule has 6 heteroatoms. The summed E-state index contributed by atoms with van der Waals surface area (Å²) >= 11 is 3.21. The Morgan fingerprint density at radius 1 is 1.35 bits per heavy atom. The van der Waals surface area contributed by atoms with Crippen molar-refractivity contribution in [2.75, 3.05) is 11.4 Å². The molecule has 0 unspecified atom stereocenters. The van der Waals surface area contributed by atoms with E-state index < -0.39 is 5.97 Å². The number of benzene rings is 1. The van der Waals surface area contributed by atoms with E-state index in [0.29, 0.717) is 4.47 Å². The molecular formula is C11H8BrNO4. The number of amides is 1. The zero-order chi connectivity index (χ0) is 12.6. The van der Waals surface area contributed by atoms with Crippen molar-refractivity contribution < 1.29 is 19.5 Å². The summed E-state index contributed by atoms with van der Waals surface area (Å²) < 4.78 is 0.657. The van der Waals surface area contributed by atoms with Crippen LogP contribution >= 0.6 is 15.9 Å². The van der Waals surface area contributed by atoms with Gasteiger partial charge in [-0.2, -0.15) is 0 Å². The van der Waals surface area contributed by atoms with Gasteiger partial charge < -0.3 is 10.0 Å². The minimum absolute atomic E-state index is 0.0104. The van der Waals surface area contributed by atoms with Crippen molar-refractivity contribution in [1.82, 2.24) is 0 Å². The van der Waals surface area contributed by atoms with E-state index in [0.717, 1.165) is 0 Å². The monoisotopic (exact) mass is 297 g/mol. The van der Waals surface area contributed by atoms with Crippen molar-refractivity contribution in [2.45, 2.75) is 6.42 Å². The summed E-state index contributed by atoms with van der Waals surface area (Å²) in [6, 6.07) is 4.51. The van der Waals surface area contributed by atoms with Gasteiger partial charge in [0.25, 0.3) is 0 Å². The van der Waals surface area contributed by atoms with Crippen molar-refractivity contribution in [2.24, 2.45) is 0 Å². The lowest BCUT2D eigenvalue weighted by Crippen LogP contribution is -2.26. The molecule has 0 radical (unpaired) electrons. The first-order valence-electron chi connectivity index (χ1n) is 4.84. The van der Waals surface area contributed by atoms with Gasteiger partial charge in [0.2, 0.25) is 5.91 Å².